The van der Waals surface area contributed by atoms with Crippen LogP contribution in [0, 0.1) is 6.92 Å². The molecule has 1 atom stereocenters. The van der Waals surface area contributed by atoms with Crippen molar-refractivity contribution >= 4 is 17.3 Å². The molecule has 1 aromatic rings. The van der Waals surface area contributed by atoms with Crippen molar-refractivity contribution in [2.75, 3.05) is 0 Å². The van der Waals surface area contributed by atoms with E-state index in [1.54, 1.807) is 0 Å². The smallest absolute Gasteiger partial charge is 0.393 e. The number of aliphatic hydroxyl groups is 1. The van der Waals surface area contributed by atoms with E-state index in [2.05, 4.69) is 17.3 Å². The number of nitrogens with two attached hydrogens (primary N) is 1. The maximum absolute atomic E-state index is 13.2. The molecule has 0 aliphatic rings. The largest absolute Gasteiger partial charge is 0.459 e. The lowest BCUT2D eigenvalue weighted by molar-refractivity contribution is -0.358. The summed E-state index contributed by atoms with van der Waals surface area (Å²) in [5, 5.41) is 11.4. The van der Waals surface area contributed by atoms with Crippen molar-refractivity contribution in [3.05, 3.63) is 21.6 Å². The highest BCUT2D eigenvalue weighted by Crippen LogP contribution is 2.48. The Morgan fingerprint density at radius 3 is 2.17 bits per heavy atom. The van der Waals surface area contributed by atoms with Crippen molar-refractivity contribution < 1.29 is 35.8 Å². The topological polar surface area (TPSA) is 84.0 Å². The molecule has 0 spiro atoms. The molecule has 0 saturated carbocycles. The van der Waals surface area contributed by atoms with E-state index in [-0.39, 0.29) is 11.3 Å². The SMILES string of the molecule is Cc1[nH]n(C(N)=S)c(=O)c1CC(O)CC(F)(F)C(F)(F)C(F)(F)F. The minimum Gasteiger partial charge on any atom is -0.393 e. The molecule has 0 aliphatic heterocycles. The summed E-state index contributed by atoms with van der Waals surface area (Å²) in [4.78, 5) is 11.8. The summed E-state index contributed by atoms with van der Waals surface area (Å²) in [6.07, 6.45) is -11.9. The quantitative estimate of drug-likeness (QED) is 0.534. The molecule has 4 N–H and O–H groups in total. The molecule has 0 amide bonds. The van der Waals surface area contributed by atoms with Crippen molar-refractivity contribution in [1.82, 2.24) is 9.78 Å². The normalized spacial score (nSPS) is 14.7. The summed E-state index contributed by atoms with van der Waals surface area (Å²) in [7, 11) is 0. The first-order valence-corrected chi connectivity index (χ1v) is 6.63. The Morgan fingerprint density at radius 1 is 1.29 bits per heavy atom. The molecule has 5 nitrogen and oxygen atoms in total. The van der Waals surface area contributed by atoms with E-state index in [4.69, 9.17) is 5.73 Å². The van der Waals surface area contributed by atoms with Crippen LogP contribution in [0.3, 0.4) is 0 Å². The molecule has 1 aromatic heterocycles. The Labute approximate surface area is 135 Å². The van der Waals surface area contributed by atoms with Gasteiger partial charge in [0.05, 0.1) is 6.10 Å². The molecule has 1 rings (SSSR count). The van der Waals surface area contributed by atoms with Gasteiger partial charge in [-0.3, -0.25) is 9.89 Å². The summed E-state index contributed by atoms with van der Waals surface area (Å²) in [5.41, 5.74) is 3.99. The van der Waals surface area contributed by atoms with Crippen LogP contribution >= 0.6 is 12.2 Å². The van der Waals surface area contributed by atoms with Crippen LogP contribution in [0.1, 0.15) is 17.7 Å². The molecular formula is C11H12F7N3O2S. The number of hydrogen-bond donors (Lipinski definition) is 3. The summed E-state index contributed by atoms with van der Waals surface area (Å²) < 4.78 is 88.7. The lowest BCUT2D eigenvalue weighted by atomic mass is 9.99. The predicted octanol–water partition coefficient (Wildman–Crippen LogP) is 1.70. The predicted molar refractivity (Wildman–Crippen MR) is 72.2 cm³/mol. The number of nitrogens with zero attached hydrogens (tertiary/aromatic N) is 1. The highest BCUT2D eigenvalue weighted by atomic mass is 32.1. The molecule has 0 radical (unpaired) electrons. The fourth-order valence-electron chi connectivity index (χ4n) is 1.92. The van der Waals surface area contributed by atoms with Gasteiger partial charge >= 0.3 is 18.0 Å². The zero-order valence-corrected chi connectivity index (χ0v) is 12.7. The monoisotopic (exact) mass is 383 g/mol. The van der Waals surface area contributed by atoms with Crippen LogP contribution in [-0.2, 0) is 6.42 Å². The second-order valence-electron chi connectivity index (χ2n) is 5.03. The number of thiocarbonyl (C=S) groups is 1. The minimum absolute atomic E-state index is 0.0396. The van der Waals surface area contributed by atoms with Gasteiger partial charge in [-0.15, -0.1) is 0 Å². The highest BCUT2D eigenvalue weighted by molar-refractivity contribution is 7.80. The summed E-state index contributed by atoms with van der Waals surface area (Å²) in [5.74, 6) is -11.9. The molecule has 13 heteroatoms. The van der Waals surface area contributed by atoms with Gasteiger partial charge in [-0.05, 0) is 19.1 Å². The van der Waals surface area contributed by atoms with E-state index >= 15 is 0 Å². The second-order valence-corrected chi connectivity index (χ2v) is 5.45. The zero-order valence-electron chi connectivity index (χ0n) is 11.9. The van der Waals surface area contributed by atoms with E-state index in [9.17, 15) is 40.6 Å². The third-order valence-corrected chi connectivity index (χ3v) is 3.34. The summed E-state index contributed by atoms with van der Waals surface area (Å²) in [6, 6.07) is 0. The lowest BCUT2D eigenvalue weighted by Crippen LogP contribution is -2.53. The molecule has 1 heterocycles. The maximum atomic E-state index is 13.2. The second kappa shape index (κ2) is 6.35. The number of alkyl halides is 7. The first kappa shape index (κ1) is 20.4. The molecule has 0 bridgehead atoms. The Hall–Kier alpha value is -1.63. The van der Waals surface area contributed by atoms with Gasteiger partial charge in [-0.2, -0.15) is 35.4 Å². The maximum Gasteiger partial charge on any atom is 0.459 e. The van der Waals surface area contributed by atoms with Crippen LogP contribution in [0.25, 0.3) is 0 Å². The fourth-order valence-corrected chi connectivity index (χ4v) is 2.04. The number of aliphatic hydroxyl groups excluding tert-OH is 1. The highest BCUT2D eigenvalue weighted by Gasteiger charge is 2.72. The Morgan fingerprint density at radius 2 is 1.79 bits per heavy atom. The van der Waals surface area contributed by atoms with Crippen LogP contribution in [0.5, 0.6) is 0 Å². The molecule has 1 unspecified atom stereocenters. The first-order valence-electron chi connectivity index (χ1n) is 6.22. The molecule has 138 valence electrons. The number of aromatic nitrogens is 2. The molecule has 0 saturated heterocycles. The summed E-state index contributed by atoms with van der Waals surface area (Å²) in [6.45, 7) is 1.28. The van der Waals surface area contributed by atoms with Crippen LogP contribution in [0.4, 0.5) is 30.7 Å². The first-order chi connectivity index (χ1) is 10.6. The van der Waals surface area contributed by atoms with E-state index in [0.29, 0.717) is 4.68 Å². The van der Waals surface area contributed by atoms with E-state index in [0.717, 1.165) is 0 Å². The molecule has 0 aliphatic carbocycles. The van der Waals surface area contributed by atoms with Crippen LogP contribution in [-0.4, -0.2) is 44.1 Å². The van der Waals surface area contributed by atoms with Gasteiger partial charge in [0.1, 0.15) is 0 Å². The molecule has 24 heavy (non-hydrogen) atoms. The van der Waals surface area contributed by atoms with Gasteiger partial charge in [0, 0.05) is 24.1 Å². The van der Waals surface area contributed by atoms with Gasteiger partial charge in [-0.1, -0.05) is 0 Å². The van der Waals surface area contributed by atoms with Crippen molar-refractivity contribution in [1.29, 1.82) is 0 Å². The average Bonchev–Trinajstić information content (AvgIpc) is 2.64. The molecule has 0 aromatic carbocycles. The average molecular weight is 383 g/mol. The number of rotatable bonds is 5. The minimum atomic E-state index is -6.49. The number of H-pyrrole nitrogens is 1. The van der Waals surface area contributed by atoms with Gasteiger partial charge in [-0.25, -0.2) is 0 Å². The van der Waals surface area contributed by atoms with Gasteiger partial charge < -0.3 is 10.8 Å². The third kappa shape index (κ3) is 3.71. The number of nitrogens with one attached hydrogen (secondary N) is 1. The van der Waals surface area contributed by atoms with Crippen molar-refractivity contribution in [3.63, 3.8) is 0 Å². The Bertz CT molecular complexity index is 680. The fraction of sp³-hybridized carbons (Fsp3) is 0.636. The summed E-state index contributed by atoms with van der Waals surface area (Å²) >= 11 is 4.52. The molecular weight excluding hydrogens is 371 g/mol. The molecule has 0 fully saturated rings. The van der Waals surface area contributed by atoms with Gasteiger partial charge in [0.25, 0.3) is 5.56 Å². The number of aromatic amines is 1. The van der Waals surface area contributed by atoms with E-state index in [1.165, 1.54) is 6.92 Å². The van der Waals surface area contributed by atoms with E-state index in [1.807, 2.05) is 0 Å². The Balaban J connectivity index is 3.01. The number of hydrogen-bond acceptors (Lipinski definition) is 3. The van der Waals surface area contributed by atoms with Crippen LogP contribution in [0.2, 0.25) is 0 Å². The van der Waals surface area contributed by atoms with Crippen molar-refractivity contribution in [2.24, 2.45) is 5.73 Å². The van der Waals surface area contributed by atoms with Crippen molar-refractivity contribution in [3.8, 4) is 0 Å². The van der Waals surface area contributed by atoms with E-state index < -0.39 is 47.6 Å². The third-order valence-electron chi connectivity index (χ3n) is 3.16. The van der Waals surface area contributed by atoms with Crippen molar-refractivity contribution in [2.45, 2.75) is 43.9 Å². The number of halogens is 7. The Kier molecular flexibility index (Phi) is 5.40. The van der Waals surface area contributed by atoms with Crippen LogP contribution < -0.4 is 11.3 Å². The standard InChI is InChI=1S/C11H12F7N3O2S/c1-4-6(7(23)21(20-4)8(19)24)2-5(22)3-9(12,13)10(14,15)11(16,17)18/h5,20,22H,2-3H2,1H3,(H2,19,24). The number of aryl methyl sites for hydroxylation is 1. The van der Waals surface area contributed by atoms with Gasteiger partial charge in [0.15, 0.2) is 5.11 Å². The zero-order chi connectivity index (χ0) is 19.1. The van der Waals surface area contributed by atoms with Crippen LogP contribution in [0.15, 0.2) is 4.79 Å². The van der Waals surface area contributed by atoms with Gasteiger partial charge in [0.2, 0.25) is 0 Å². The lowest BCUT2D eigenvalue weighted by Gasteiger charge is -2.29.